The Bertz CT molecular complexity index is 783. The van der Waals surface area contributed by atoms with Gasteiger partial charge in [0.05, 0.1) is 17.3 Å². The monoisotopic (exact) mass is 278 g/mol. The molecule has 3 rings (SSSR count). The second-order valence-corrected chi connectivity index (χ2v) is 5.21. The lowest BCUT2D eigenvalue weighted by Gasteiger charge is -2.19. The van der Waals surface area contributed by atoms with Crippen molar-refractivity contribution in [3.8, 4) is 0 Å². The van der Waals surface area contributed by atoms with Gasteiger partial charge in [0.2, 0.25) is 0 Å². The van der Waals surface area contributed by atoms with Crippen LogP contribution in [-0.2, 0) is 0 Å². The van der Waals surface area contributed by atoms with Crippen LogP contribution in [0.1, 0.15) is 28.4 Å². The molecule has 0 radical (unpaired) electrons. The molecule has 2 aromatic heterocycles. The largest absolute Gasteiger partial charge is 0.271 e. The lowest BCUT2D eigenvalue weighted by atomic mass is 9.99. The molecule has 1 unspecified atom stereocenters. The minimum absolute atomic E-state index is 0.165. The quantitative estimate of drug-likeness (QED) is 0.571. The van der Waals surface area contributed by atoms with Gasteiger partial charge in [0, 0.05) is 17.8 Å². The molecular weight excluding hydrogens is 260 g/mol. The predicted molar refractivity (Wildman–Crippen MR) is 84.6 cm³/mol. The van der Waals surface area contributed by atoms with Gasteiger partial charge in [-0.3, -0.25) is 15.8 Å². The molecule has 0 spiro atoms. The Morgan fingerprint density at radius 1 is 1.10 bits per heavy atom. The van der Waals surface area contributed by atoms with Crippen molar-refractivity contribution >= 4 is 10.9 Å². The number of hydrogen-bond acceptors (Lipinski definition) is 4. The number of pyridine rings is 2. The van der Waals surface area contributed by atoms with Gasteiger partial charge in [-0.1, -0.05) is 18.2 Å². The van der Waals surface area contributed by atoms with Crippen molar-refractivity contribution in [2.24, 2.45) is 5.84 Å². The number of fused-ring (bicyclic) bond motifs is 1. The average Bonchev–Trinajstić information content (AvgIpc) is 2.50. The van der Waals surface area contributed by atoms with Crippen LogP contribution in [-0.4, -0.2) is 9.97 Å². The Kier molecular flexibility index (Phi) is 3.64. The molecule has 0 amide bonds. The summed E-state index contributed by atoms with van der Waals surface area (Å²) in [5.41, 5.74) is 8.13. The summed E-state index contributed by atoms with van der Waals surface area (Å²) in [7, 11) is 0. The summed E-state index contributed by atoms with van der Waals surface area (Å²) in [6.45, 7) is 4.15. The smallest absolute Gasteiger partial charge is 0.0899 e. The van der Waals surface area contributed by atoms with E-state index in [4.69, 9.17) is 10.8 Å². The summed E-state index contributed by atoms with van der Waals surface area (Å²) in [6, 6.07) is 12.0. The highest BCUT2D eigenvalue weighted by atomic mass is 15.2. The number of nitrogens with one attached hydrogen (secondary N) is 1. The van der Waals surface area contributed by atoms with Crippen LogP contribution >= 0.6 is 0 Å². The molecule has 0 aliphatic rings. The number of benzene rings is 1. The first-order valence-electron chi connectivity index (χ1n) is 6.93. The molecular formula is C17H18N4. The summed E-state index contributed by atoms with van der Waals surface area (Å²) in [4.78, 5) is 8.96. The Balaban J connectivity index is 2.16. The van der Waals surface area contributed by atoms with Crippen LogP contribution in [0.15, 0.2) is 48.8 Å². The second kappa shape index (κ2) is 5.60. The number of nitrogens with two attached hydrogens (primary N) is 1. The molecule has 106 valence electrons. The zero-order valence-electron chi connectivity index (χ0n) is 12.2. The molecule has 1 aromatic carbocycles. The van der Waals surface area contributed by atoms with Crippen LogP contribution in [0.4, 0.5) is 0 Å². The van der Waals surface area contributed by atoms with Gasteiger partial charge in [-0.15, -0.1) is 0 Å². The van der Waals surface area contributed by atoms with Gasteiger partial charge in [-0.2, -0.15) is 0 Å². The van der Waals surface area contributed by atoms with Crippen LogP contribution in [0.5, 0.6) is 0 Å². The molecule has 0 saturated carbocycles. The van der Waals surface area contributed by atoms with Crippen molar-refractivity contribution in [1.29, 1.82) is 0 Å². The molecule has 2 heterocycles. The van der Waals surface area contributed by atoms with Crippen LogP contribution in [0.25, 0.3) is 10.9 Å². The lowest BCUT2D eigenvalue weighted by Crippen LogP contribution is -2.30. The van der Waals surface area contributed by atoms with Gasteiger partial charge in [0.25, 0.3) is 0 Å². The fourth-order valence-electron chi connectivity index (χ4n) is 2.64. The number of aryl methyl sites for hydroxylation is 2. The van der Waals surface area contributed by atoms with Crippen molar-refractivity contribution in [1.82, 2.24) is 15.4 Å². The van der Waals surface area contributed by atoms with E-state index in [2.05, 4.69) is 36.4 Å². The van der Waals surface area contributed by atoms with Crippen LogP contribution in [0.3, 0.4) is 0 Å². The van der Waals surface area contributed by atoms with E-state index in [1.54, 1.807) is 6.20 Å². The van der Waals surface area contributed by atoms with E-state index >= 15 is 0 Å². The molecule has 1 atom stereocenters. The van der Waals surface area contributed by atoms with E-state index in [1.165, 1.54) is 10.9 Å². The Morgan fingerprint density at radius 3 is 2.67 bits per heavy atom. The van der Waals surface area contributed by atoms with Crippen molar-refractivity contribution in [2.75, 3.05) is 0 Å². The number of para-hydroxylation sites is 1. The molecule has 3 N–H and O–H groups in total. The van der Waals surface area contributed by atoms with Gasteiger partial charge in [-0.25, -0.2) is 5.43 Å². The molecule has 0 fully saturated rings. The minimum Gasteiger partial charge on any atom is -0.271 e. The number of rotatable bonds is 3. The fraction of sp³-hybridized carbons (Fsp3) is 0.176. The normalized spacial score (nSPS) is 12.5. The van der Waals surface area contributed by atoms with Gasteiger partial charge >= 0.3 is 0 Å². The van der Waals surface area contributed by atoms with Crippen molar-refractivity contribution in [3.05, 3.63) is 71.2 Å². The van der Waals surface area contributed by atoms with E-state index in [1.807, 2.05) is 30.5 Å². The molecule has 0 aliphatic carbocycles. The molecule has 0 saturated heterocycles. The highest BCUT2D eigenvalue weighted by molar-refractivity contribution is 5.82. The summed E-state index contributed by atoms with van der Waals surface area (Å²) in [5.74, 6) is 5.78. The van der Waals surface area contributed by atoms with E-state index in [9.17, 15) is 0 Å². The van der Waals surface area contributed by atoms with Crippen LogP contribution < -0.4 is 11.3 Å². The molecule has 3 aromatic rings. The van der Waals surface area contributed by atoms with Crippen molar-refractivity contribution in [3.63, 3.8) is 0 Å². The predicted octanol–water partition coefficient (Wildman–Crippen LogP) is 2.80. The molecule has 0 aliphatic heterocycles. The lowest BCUT2D eigenvalue weighted by molar-refractivity contribution is 0.617. The molecule has 4 nitrogen and oxygen atoms in total. The maximum Gasteiger partial charge on any atom is 0.0899 e. The van der Waals surface area contributed by atoms with Crippen LogP contribution in [0.2, 0.25) is 0 Å². The first kappa shape index (κ1) is 13.7. The standard InChI is InChI=1S/C17H18N4/c1-11-7-8-19-10-14(11)17(21-18)16-9-12(2)13-5-3-4-6-15(13)20-16/h3-10,17,21H,18H2,1-2H3. The van der Waals surface area contributed by atoms with E-state index < -0.39 is 0 Å². The summed E-state index contributed by atoms with van der Waals surface area (Å²) >= 11 is 0. The van der Waals surface area contributed by atoms with E-state index in [-0.39, 0.29) is 6.04 Å². The maximum absolute atomic E-state index is 5.78. The Hall–Kier alpha value is -2.30. The van der Waals surface area contributed by atoms with Crippen LogP contribution in [0, 0.1) is 13.8 Å². The third-order valence-corrected chi connectivity index (χ3v) is 3.80. The molecule has 0 bridgehead atoms. The highest BCUT2D eigenvalue weighted by Crippen LogP contribution is 2.26. The highest BCUT2D eigenvalue weighted by Gasteiger charge is 2.17. The van der Waals surface area contributed by atoms with Gasteiger partial charge in [0.15, 0.2) is 0 Å². The SMILES string of the molecule is Cc1ccncc1C(NN)c1cc(C)c2ccccc2n1. The number of hydrogen-bond donors (Lipinski definition) is 2. The van der Waals surface area contributed by atoms with Gasteiger partial charge in [0.1, 0.15) is 0 Å². The van der Waals surface area contributed by atoms with E-state index in [0.29, 0.717) is 0 Å². The van der Waals surface area contributed by atoms with Crippen molar-refractivity contribution < 1.29 is 0 Å². The third-order valence-electron chi connectivity index (χ3n) is 3.80. The second-order valence-electron chi connectivity index (χ2n) is 5.21. The number of hydrazine groups is 1. The van der Waals surface area contributed by atoms with Crippen molar-refractivity contribution in [2.45, 2.75) is 19.9 Å². The number of aromatic nitrogens is 2. The number of nitrogens with zero attached hydrogens (tertiary/aromatic N) is 2. The summed E-state index contributed by atoms with van der Waals surface area (Å²) in [5, 5.41) is 1.17. The zero-order chi connectivity index (χ0) is 14.8. The zero-order valence-corrected chi connectivity index (χ0v) is 12.2. The summed E-state index contributed by atoms with van der Waals surface area (Å²) < 4.78 is 0. The molecule has 4 heteroatoms. The molecule has 21 heavy (non-hydrogen) atoms. The van der Waals surface area contributed by atoms with Gasteiger partial charge in [-0.05, 0) is 48.7 Å². The van der Waals surface area contributed by atoms with E-state index in [0.717, 1.165) is 22.3 Å². The average molecular weight is 278 g/mol. The summed E-state index contributed by atoms with van der Waals surface area (Å²) in [6.07, 6.45) is 3.62. The first-order valence-corrected chi connectivity index (χ1v) is 6.93. The third kappa shape index (κ3) is 2.51. The Morgan fingerprint density at radius 2 is 1.90 bits per heavy atom. The topological polar surface area (TPSA) is 63.8 Å². The van der Waals surface area contributed by atoms with Gasteiger partial charge < -0.3 is 0 Å². The first-order chi connectivity index (χ1) is 10.2. The fourth-order valence-corrected chi connectivity index (χ4v) is 2.64. The minimum atomic E-state index is -0.165. The Labute approximate surface area is 124 Å². The maximum atomic E-state index is 5.78.